The lowest BCUT2D eigenvalue weighted by atomic mass is 9.99. The maximum absolute atomic E-state index is 12.0. The highest BCUT2D eigenvalue weighted by Crippen LogP contribution is 2.27. The van der Waals surface area contributed by atoms with E-state index in [2.05, 4.69) is 6.58 Å². The van der Waals surface area contributed by atoms with Crippen molar-refractivity contribution in [1.82, 2.24) is 0 Å². The molecule has 0 aromatic carbocycles. The van der Waals surface area contributed by atoms with Crippen molar-refractivity contribution < 1.29 is 23.4 Å². The second-order valence-electron chi connectivity index (χ2n) is 5.70. The number of furan rings is 1. The van der Waals surface area contributed by atoms with Gasteiger partial charge in [-0.25, -0.2) is 4.39 Å². The van der Waals surface area contributed by atoms with E-state index < -0.39 is 18.2 Å². The van der Waals surface area contributed by atoms with Crippen LogP contribution in [0, 0.1) is 23.2 Å². The van der Waals surface area contributed by atoms with Crippen LogP contribution in [-0.4, -0.2) is 23.3 Å². The number of aliphatic hydroxyl groups is 1. The van der Waals surface area contributed by atoms with Gasteiger partial charge in [-0.15, -0.1) is 0 Å². The molecule has 0 saturated carbocycles. The van der Waals surface area contributed by atoms with Crippen LogP contribution in [0.5, 0.6) is 0 Å². The molecule has 2 unspecified atom stereocenters. The summed E-state index contributed by atoms with van der Waals surface area (Å²) in [6.07, 6.45) is -0.702. The molecule has 2 aliphatic carbocycles. The molecule has 4 nitrogen and oxygen atoms in total. The van der Waals surface area contributed by atoms with Crippen molar-refractivity contribution in [3.05, 3.63) is 64.7 Å². The first-order chi connectivity index (χ1) is 10.9. The van der Waals surface area contributed by atoms with E-state index in [1.165, 1.54) is 6.07 Å². The highest BCUT2D eigenvalue weighted by Gasteiger charge is 2.30. The smallest absolute Gasteiger partial charge is 0.309 e. The standard InChI is InChI=1S/C12H14O4.C6H3F/c1-7-3-4-10(15-7)8(2)11-5-9(13)6-12(14)16-11;7-6-3-4-1-2-5(4)6/h3-4,9,11,13H,2,5-6H2,1H3;1-3H. The van der Waals surface area contributed by atoms with E-state index in [1.807, 2.05) is 19.1 Å². The van der Waals surface area contributed by atoms with Gasteiger partial charge < -0.3 is 14.3 Å². The van der Waals surface area contributed by atoms with Gasteiger partial charge in [-0.05, 0) is 30.3 Å². The number of aryl methyl sites for hydroxylation is 1. The second kappa shape index (κ2) is 6.01. The van der Waals surface area contributed by atoms with Gasteiger partial charge in [0.05, 0.1) is 12.5 Å². The van der Waals surface area contributed by atoms with Crippen molar-refractivity contribution in [3.8, 4) is 0 Å². The van der Waals surface area contributed by atoms with Crippen molar-refractivity contribution in [3.63, 3.8) is 0 Å². The summed E-state index contributed by atoms with van der Waals surface area (Å²) in [4.78, 5) is 11.2. The summed E-state index contributed by atoms with van der Waals surface area (Å²) in [7, 11) is 0. The van der Waals surface area contributed by atoms with E-state index in [1.54, 1.807) is 12.1 Å². The van der Waals surface area contributed by atoms with E-state index in [4.69, 9.17) is 9.15 Å². The number of carbonyl (C=O) groups is 1. The molecule has 1 aliphatic heterocycles. The predicted octanol–water partition coefficient (Wildman–Crippen LogP) is 3.09. The van der Waals surface area contributed by atoms with Gasteiger partial charge in [0, 0.05) is 17.2 Å². The number of benzene rings is 1. The molecular weight excluding hydrogens is 299 g/mol. The van der Waals surface area contributed by atoms with Gasteiger partial charge in [-0.1, -0.05) is 18.7 Å². The zero-order valence-corrected chi connectivity index (χ0v) is 12.7. The Hall–Kier alpha value is -2.40. The Morgan fingerprint density at radius 2 is 2.13 bits per heavy atom. The van der Waals surface area contributed by atoms with Gasteiger partial charge in [0.2, 0.25) is 0 Å². The zero-order chi connectivity index (χ0) is 16.6. The fraction of sp³-hybridized carbons (Fsp3) is 0.278. The van der Waals surface area contributed by atoms with Crippen LogP contribution in [0.2, 0.25) is 0 Å². The Morgan fingerprint density at radius 3 is 2.52 bits per heavy atom. The molecule has 1 fully saturated rings. The molecule has 120 valence electrons. The van der Waals surface area contributed by atoms with Crippen molar-refractivity contribution >= 4 is 11.5 Å². The number of rotatable bonds is 2. The first-order valence-corrected chi connectivity index (χ1v) is 7.37. The van der Waals surface area contributed by atoms with Crippen LogP contribution >= 0.6 is 0 Å². The molecule has 2 atom stereocenters. The predicted molar refractivity (Wildman–Crippen MR) is 81.7 cm³/mol. The molecule has 1 saturated heterocycles. The molecule has 1 N–H and O–H groups in total. The molecule has 1 aromatic rings. The lowest BCUT2D eigenvalue weighted by Gasteiger charge is -2.26. The molecule has 3 aliphatic rings. The van der Waals surface area contributed by atoms with Crippen LogP contribution < -0.4 is 0 Å². The Bertz CT molecular complexity index is 852. The summed E-state index contributed by atoms with van der Waals surface area (Å²) in [6, 6.07) is 8.83. The van der Waals surface area contributed by atoms with Gasteiger partial charge in [0.1, 0.15) is 23.4 Å². The summed E-state index contributed by atoms with van der Waals surface area (Å²) in [5.41, 5.74) is 0.597. The molecular formula is C18H17FO4. The number of cyclic esters (lactones) is 1. The molecule has 1 aromatic heterocycles. The van der Waals surface area contributed by atoms with Gasteiger partial charge in [-0.2, -0.15) is 0 Å². The maximum Gasteiger partial charge on any atom is 0.309 e. The summed E-state index contributed by atoms with van der Waals surface area (Å²) >= 11 is 0. The average Bonchev–Trinajstić information content (AvgIpc) is 2.90. The number of aliphatic hydroxyl groups excluding tert-OH is 1. The normalized spacial score (nSPS) is 21.1. The topological polar surface area (TPSA) is 59.7 Å². The number of hydrogen-bond acceptors (Lipinski definition) is 4. The highest BCUT2D eigenvalue weighted by molar-refractivity contribution is 5.74. The lowest BCUT2D eigenvalue weighted by Crippen LogP contribution is -2.33. The maximum atomic E-state index is 12.0. The molecule has 0 spiro atoms. The fourth-order valence-electron chi connectivity index (χ4n) is 2.50. The van der Waals surface area contributed by atoms with Crippen LogP contribution in [0.25, 0.3) is 5.57 Å². The Labute approximate surface area is 132 Å². The summed E-state index contributed by atoms with van der Waals surface area (Å²) in [5.74, 6) is 0.925. The summed E-state index contributed by atoms with van der Waals surface area (Å²) in [5, 5.41) is 11.4. The van der Waals surface area contributed by atoms with Crippen LogP contribution in [-0.2, 0) is 9.53 Å². The van der Waals surface area contributed by atoms with Crippen molar-refractivity contribution in [1.29, 1.82) is 0 Å². The van der Waals surface area contributed by atoms with E-state index in [0.29, 0.717) is 17.8 Å². The van der Waals surface area contributed by atoms with E-state index >= 15 is 0 Å². The van der Waals surface area contributed by atoms with Gasteiger partial charge >= 0.3 is 5.97 Å². The SMILES string of the molecule is C=C(c1ccc(C)o1)C1CC(O)CC(=O)O1.Fc1cc2ccc1=2. The minimum absolute atomic E-state index is 0.0565. The molecule has 0 amide bonds. The van der Waals surface area contributed by atoms with Crippen molar-refractivity contribution in [2.75, 3.05) is 0 Å². The zero-order valence-electron chi connectivity index (χ0n) is 12.7. The first kappa shape index (κ1) is 15.5. The number of hydrogen-bond donors (Lipinski definition) is 1. The number of halogens is 1. The van der Waals surface area contributed by atoms with Gasteiger partial charge in [0.25, 0.3) is 0 Å². The largest absolute Gasteiger partial charge is 0.462 e. The summed E-state index contributed by atoms with van der Waals surface area (Å²) < 4.78 is 22.5. The summed E-state index contributed by atoms with van der Waals surface area (Å²) in [6.45, 7) is 5.68. The molecule has 23 heavy (non-hydrogen) atoms. The number of esters is 1. The van der Waals surface area contributed by atoms with Crippen LogP contribution in [0.4, 0.5) is 4.39 Å². The number of ether oxygens (including phenoxy) is 1. The minimum atomic E-state index is -0.654. The van der Waals surface area contributed by atoms with Crippen LogP contribution in [0.1, 0.15) is 24.4 Å². The lowest BCUT2D eigenvalue weighted by molar-refractivity contribution is -0.155. The van der Waals surface area contributed by atoms with Crippen molar-refractivity contribution in [2.45, 2.75) is 32.0 Å². The van der Waals surface area contributed by atoms with Gasteiger partial charge in [0.15, 0.2) is 0 Å². The fourth-order valence-corrected chi connectivity index (χ4v) is 2.50. The third-order valence-corrected chi connectivity index (χ3v) is 3.89. The molecule has 5 heteroatoms. The van der Waals surface area contributed by atoms with Crippen LogP contribution in [0.15, 0.2) is 41.3 Å². The monoisotopic (exact) mass is 316 g/mol. The average molecular weight is 316 g/mol. The molecule has 0 bridgehead atoms. The highest BCUT2D eigenvalue weighted by atomic mass is 19.1. The molecule has 4 rings (SSSR count). The third-order valence-electron chi connectivity index (χ3n) is 3.89. The van der Waals surface area contributed by atoms with E-state index in [0.717, 1.165) is 16.2 Å². The number of carbonyl (C=O) groups excluding carboxylic acids is 1. The van der Waals surface area contributed by atoms with Crippen molar-refractivity contribution in [2.24, 2.45) is 0 Å². The van der Waals surface area contributed by atoms with Gasteiger partial charge in [-0.3, -0.25) is 4.79 Å². The van der Waals surface area contributed by atoms with Crippen LogP contribution in [0.3, 0.4) is 0 Å². The first-order valence-electron chi connectivity index (χ1n) is 7.37. The van der Waals surface area contributed by atoms with E-state index in [-0.39, 0.29) is 12.2 Å². The van der Waals surface area contributed by atoms with E-state index in [9.17, 15) is 14.3 Å². The minimum Gasteiger partial charge on any atom is -0.462 e. The second-order valence-corrected chi connectivity index (χ2v) is 5.70. The third kappa shape index (κ3) is 3.19. The molecule has 2 heterocycles. The Kier molecular flexibility index (Phi) is 4.05. The quantitative estimate of drug-likeness (QED) is 0.738. The Morgan fingerprint density at radius 1 is 1.35 bits per heavy atom. The molecule has 0 radical (unpaired) electrons. The Balaban J connectivity index is 0.000000183.